The van der Waals surface area contributed by atoms with Gasteiger partial charge in [0.15, 0.2) is 0 Å². The molecule has 0 aromatic carbocycles. The minimum Gasteiger partial charge on any atom is -0.296 e. The molecule has 2 nitrogen and oxygen atoms in total. The molecule has 0 aliphatic heterocycles. The van der Waals surface area contributed by atoms with E-state index in [1.54, 1.807) is 5.57 Å². The fraction of sp³-hybridized carbons (Fsp3) is 0.600. The number of aliphatic imine (C=N–C) groups is 1. The second-order valence-corrected chi connectivity index (χ2v) is 9.38. The Morgan fingerprint density at radius 3 is 2.59 bits per heavy atom. The van der Waals surface area contributed by atoms with E-state index in [-0.39, 0.29) is 5.41 Å². The van der Waals surface area contributed by atoms with Crippen molar-refractivity contribution in [2.75, 3.05) is 7.05 Å². The second-order valence-electron chi connectivity index (χ2n) is 9.38. The second kappa shape index (κ2) is 8.99. The van der Waals surface area contributed by atoms with Crippen molar-refractivity contribution in [1.82, 2.24) is 4.98 Å². The van der Waals surface area contributed by atoms with Gasteiger partial charge >= 0.3 is 0 Å². The highest BCUT2D eigenvalue weighted by Gasteiger charge is 2.43. The van der Waals surface area contributed by atoms with Crippen molar-refractivity contribution in [2.24, 2.45) is 15.8 Å². The third-order valence-electron chi connectivity index (χ3n) is 6.13. The molecule has 0 amide bonds. The topological polar surface area (TPSA) is 25.2 Å². The van der Waals surface area contributed by atoms with Crippen LogP contribution in [0.5, 0.6) is 0 Å². The summed E-state index contributed by atoms with van der Waals surface area (Å²) in [5, 5.41) is 0. The van der Waals surface area contributed by atoms with Crippen LogP contribution in [0.25, 0.3) is 0 Å². The first-order valence-electron chi connectivity index (χ1n) is 10.5. The minimum absolute atomic E-state index is 0.119. The molecule has 1 aromatic rings. The molecule has 148 valence electrons. The summed E-state index contributed by atoms with van der Waals surface area (Å²) >= 11 is 0. The molecule has 0 spiro atoms. The van der Waals surface area contributed by atoms with Crippen molar-refractivity contribution in [3.8, 4) is 0 Å². The Morgan fingerprint density at radius 2 is 2.04 bits per heavy atom. The quantitative estimate of drug-likeness (QED) is 0.470. The average molecular weight is 367 g/mol. The Hall–Kier alpha value is -1.70. The van der Waals surface area contributed by atoms with Crippen molar-refractivity contribution < 1.29 is 0 Å². The molecule has 0 bridgehead atoms. The van der Waals surface area contributed by atoms with Crippen LogP contribution in [-0.2, 0) is 0 Å². The van der Waals surface area contributed by atoms with Gasteiger partial charge in [-0.2, -0.15) is 0 Å². The van der Waals surface area contributed by atoms with E-state index in [1.165, 1.54) is 36.1 Å². The normalized spacial score (nSPS) is 22.3. The Bertz CT molecular complexity index is 704. The maximum Gasteiger partial charge on any atom is 0.0440 e. The zero-order valence-corrected chi connectivity index (χ0v) is 18.5. The number of aromatic nitrogens is 1. The predicted molar refractivity (Wildman–Crippen MR) is 118 cm³/mol. The van der Waals surface area contributed by atoms with Crippen LogP contribution in [0.1, 0.15) is 85.3 Å². The lowest BCUT2D eigenvalue weighted by atomic mass is 9.58. The monoisotopic (exact) mass is 366 g/mol. The van der Waals surface area contributed by atoms with Crippen LogP contribution in [0.4, 0.5) is 0 Å². The first kappa shape index (κ1) is 21.6. The molecule has 27 heavy (non-hydrogen) atoms. The number of nitrogens with zero attached hydrogens (tertiary/aromatic N) is 2. The van der Waals surface area contributed by atoms with Crippen LogP contribution in [-0.4, -0.2) is 18.2 Å². The van der Waals surface area contributed by atoms with E-state index in [1.807, 2.05) is 19.3 Å². The third-order valence-corrected chi connectivity index (χ3v) is 6.13. The summed E-state index contributed by atoms with van der Waals surface area (Å²) in [5.74, 6) is 0.382. The number of pyridine rings is 1. The first-order valence-corrected chi connectivity index (χ1v) is 10.5. The van der Waals surface area contributed by atoms with Gasteiger partial charge in [0.1, 0.15) is 0 Å². The van der Waals surface area contributed by atoms with Gasteiger partial charge in [-0.3, -0.25) is 9.98 Å². The molecule has 2 unspecified atom stereocenters. The molecule has 0 radical (unpaired) electrons. The van der Waals surface area contributed by atoms with E-state index in [0.29, 0.717) is 11.3 Å². The van der Waals surface area contributed by atoms with Crippen molar-refractivity contribution in [3.63, 3.8) is 0 Å². The van der Waals surface area contributed by atoms with Crippen molar-refractivity contribution >= 4 is 6.21 Å². The van der Waals surface area contributed by atoms with E-state index in [9.17, 15) is 0 Å². The van der Waals surface area contributed by atoms with E-state index >= 15 is 0 Å². The summed E-state index contributed by atoms with van der Waals surface area (Å²) in [6.45, 7) is 14.0. The number of hydrogen-bond acceptors (Lipinski definition) is 2. The van der Waals surface area contributed by atoms with Gasteiger partial charge in [-0.25, -0.2) is 0 Å². The summed E-state index contributed by atoms with van der Waals surface area (Å²) in [7, 11) is 1.88. The molecule has 1 aliphatic carbocycles. The molecule has 2 atom stereocenters. The smallest absolute Gasteiger partial charge is 0.0440 e. The summed E-state index contributed by atoms with van der Waals surface area (Å²) in [5.41, 5.74) is 6.02. The highest BCUT2D eigenvalue weighted by Crippen LogP contribution is 2.54. The van der Waals surface area contributed by atoms with Gasteiger partial charge in [-0.05, 0) is 61.3 Å². The highest BCUT2D eigenvalue weighted by molar-refractivity contribution is 5.81. The van der Waals surface area contributed by atoms with Crippen LogP contribution in [0, 0.1) is 10.8 Å². The van der Waals surface area contributed by atoms with Crippen LogP contribution in [0.2, 0.25) is 0 Å². The molecule has 0 saturated heterocycles. The van der Waals surface area contributed by atoms with Crippen molar-refractivity contribution in [3.05, 3.63) is 52.9 Å². The van der Waals surface area contributed by atoms with E-state index in [0.717, 1.165) is 12.8 Å². The number of hydrogen-bond donors (Lipinski definition) is 0. The van der Waals surface area contributed by atoms with Gasteiger partial charge in [-0.15, -0.1) is 0 Å². The molecular weight excluding hydrogens is 328 g/mol. The van der Waals surface area contributed by atoms with Gasteiger partial charge in [0.2, 0.25) is 0 Å². The molecule has 1 heterocycles. The van der Waals surface area contributed by atoms with Crippen LogP contribution < -0.4 is 0 Å². The average Bonchev–Trinajstić information content (AvgIpc) is 2.63. The van der Waals surface area contributed by atoms with Crippen molar-refractivity contribution in [1.29, 1.82) is 0 Å². The van der Waals surface area contributed by atoms with Crippen LogP contribution >= 0.6 is 0 Å². The summed E-state index contributed by atoms with van der Waals surface area (Å²) in [4.78, 5) is 9.11. The molecule has 0 N–H and O–H groups in total. The lowest BCUT2D eigenvalue weighted by molar-refractivity contribution is 0.207. The Balaban J connectivity index is 2.57. The fourth-order valence-electron chi connectivity index (χ4n) is 4.39. The van der Waals surface area contributed by atoms with E-state index in [4.69, 9.17) is 4.98 Å². The molecule has 2 rings (SSSR count). The predicted octanol–water partition coefficient (Wildman–Crippen LogP) is 7.15. The number of rotatable bonds is 7. The summed E-state index contributed by atoms with van der Waals surface area (Å²) < 4.78 is 0. The lowest BCUT2D eigenvalue weighted by Gasteiger charge is -2.45. The maximum absolute atomic E-state index is 4.75. The summed E-state index contributed by atoms with van der Waals surface area (Å²) in [6, 6.07) is 6.34. The minimum atomic E-state index is 0.119. The highest BCUT2D eigenvalue weighted by atomic mass is 14.7. The number of allylic oxidation sites excluding steroid dienone is 4. The largest absolute Gasteiger partial charge is 0.296 e. The van der Waals surface area contributed by atoms with Gasteiger partial charge in [0.05, 0.1) is 0 Å². The Kier molecular flexibility index (Phi) is 7.19. The SMILES string of the molecule is CCCC1=CC(C)=C(/C=N\C)CC1(CCC(C)(C)C)C(C)c1ccccn1. The molecule has 0 saturated carbocycles. The zero-order chi connectivity index (χ0) is 20.1. The first-order chi connectivity index (χ1) is 12.7. The Morgan fingerprint density at radius 1 is 1.30 bits per heavy atom. The molecule has 2 heteroatoms. The standard InChI is InChI=1S/C25H38N2/c1-8-11-22-16-19(2)21(18-26-7)17-25(22,14-13-24(4,5)6)20(3)23-12-9-10-15-27-23/h9-10,12,15-16,18,20H,8,11,13-14,17H2,1-7H3/b26-18-. The van der Waals surface area contributed by atoms with Crippen molar-refractivity contribution in [2.45, 2.75) is 79.6 Å². The Labute approximate surface area is 166 Å². The molecule has 0 fully saturated rings. The summed E-state index contributed by atoms with van der Waals surface area (Å²) in [6.07, 6.45) is 12.3. The van der Waals surface area contributed by atoms with Crippen LogP contribution in [0.3, 0.4) is 0 Å². The van der Waals surface area contributed by atoms with Gasteiger partial charge in [0.25, 0.3) is 0 Å². The lowest BCUT2D eigenvalue weighted by Crippen LogP contribution is -2.34. The molecular formula is C25H38N2. The van der Waals surface area contributed by atoms with Gasteiger partial charge in [0, 0.05) is 36.5 Å². The van der Waals surface area contributed by atoms with E-state index < -0.39 is 0 Å². The molecule has 1 aliphatic rings. The van der Waals surface area contributed by atoms with Gasteiger partial charge in [-0.1, -0.05) is 58.8 Å². The maximum atomic E-state index is 4.75. The zero-order valence-electron chi connectivity index (χ0n) is 18.5. The third kappa shape index (κ3) is 5.18. The van der Waals surface area contributed by atoms with E-state index in [2.05, 4.69) is 71.0 Å². The van der Waals surface area contributed by atoms with Gasteiger partial charge < -0.3 is 0 Å². The van der Waals surface area contributed by atoms with Crippen LogP contribution in [0.15, 0.2) is 52.2 Å². The molecule has 1 aromatic heterocycles. The fourth-order valence-corrected chi connectivity index (χ4v) is 4.39.